The van der Waals surface area contributed by atoms with Crippen LogP contribution in [0.1, 0.15) is 32.6 Å². The normalized spacial score (nSPS) is 9.33. The van der Waals surface area contributed by atoms with Crippen molar-refractivity contribution in [1.82, 2.24) is 0 Å². The van der Waals surface area contributed by atoms with Crippen LogP contribution in [0.3, 0.4) is 0 Å². The first-order valence-electron chi connectivity index (χ1n) is 9.57. The third-order valence-corrected chi connectivity index (χ3v) is 3.76. The Kier molecular flexibility index (Phi) is 23.3. The zero-order valence-corrected chi connectivity index (χ0v) is 19.5. The third kappa shape index (κ3) is 24.6. The van der Waals surface area contributed by atoms with Gasteiger partial charge in [0.05, 0.1) is 39.1 Å². The monoisotopic (exact) mass is 524 g/mol. The molecule has 206 valence electrons. The lowest BCUT2D eigenvalue weighted by Crippen LogP contribution is -2.32. The topological polar surface area (TPSA) is 284 Å². The Bertz CT molecular complexity index is 698. The molecule has 0 saturated heterocycles. The maximum absolute atomic E-state index is 9.87. The molecule has 0 rings (SSSR count). The van der Waals surface area contributed by atoms with Crippen molar-refractivity contribution in [2.45, 2.75) is 32.6 Å². The molecule has 0 radical (unpaired) electrons. The zero-order valence-electron chi connectivity index (χ0n) is 19.5. The summed E-state index contributed by atoms with van der Waals surface area (Å²) in [6.45, 7) is 10.4. The van der Waals surface area contributed by atoms with E-state index in [9.17, 15) is 28.8 Å². The number of carboxylic acids is 6. The first kappa shape index (κ1) is 39.1. The van der Waals surface area contributed by atoms with E-state index in [0.717, 1.165) is 0 Å². The van der Waals surface area contributed by atoms with Crippen LogP contribution in [0.15, 0.2) is 36.5 Å². The van der Waals surface area contributed by atoms with Crippen LogP contribution in [0.25, 0.3) is 0 Å². The number of aliphatic hydroxyl groups excluding tert-OH is 3. The highest BCUT2D eigenvalue weighted by Gasteiger charge is 2.24. The second kappa shape index (κ2) is 21.5. The highest BCUT2D eigenvalue weighted by Crippen LogP contribution is 2.18. The van der Waals surface area contributed by atoms with E-state index in [-0.39, 0.29) is 36.5 Å². The Hall–Kier alpha value is -4.08. The Labute approximate surface area is 205 Å². The summed E-state index contributed by atoms with van der Waals surface area (Å²) in [6, 6.07) is 0. The van der Waals surface area contributed by atoms with E-state index in [1.165, 1.54) is 0 Å². The van der Waals surface area contributed by atoms with Crippen molar-refractivity contribution in [2.24, 2.45) is 5.41 Å². The molecule has 36 heavy (non-hydrogen) atoms. The second-order valence-corrected chi connectivity index (χ2v) is 6.77. The lowest BCUT2D eigenvalue weighted by atomic mass is 9.88. The summed E-state index contributed by atoms with van der Waals surface area (Å²) in [5.41, 5.74) is -1.58. The van der Waals surface area contributed by atoms with Gasteiger partial charge in [-0.15, -0.1) is 0 Å². The lowest BCUT2D eigenvalue weighted by Gasteiger charge is -2.24. The van der Waals surface area contributed by atoms with Gasteiger partial charge in [0.2, 0.25) is 0 Å². The lowest BCUT2D eigenvalue weighted by molar-refractivity contribution is -0.139. The number of aliphatic carboxylic acids is 6. The highest BCUT2D eigenvalue weighted by molar-refractivity contribution is 5.92. The minimum atomic E-state index is -1.27. The Morgan fingerprint density at radius 3 is 0.750 bits per heavy atom. The fourth-order valence-electron chi connectivity index (χ4n) is 1.26. The number of carboxylic acid groups (broad SMARTS) is 6. The van der Waals surface area contributed by atoms with Gasteiger partial charge < -0.3 is 46.0 Å². The molecular weight excluding hydrogens is 492 g/mol. The van der Waals surface area contributed by atoms with Crippen LogP contribution >= 0.6 is 0 Å². The summed E-state index contributed by atoms with van der Waals surface area (Å²) < 4.78 is 0. The van der Waals surface area contributed by atoms with E-state index in [0.29, 0.717) is 6.42 Å². The fourth-order valence-corrected chi connectivity index (χ4v) is 1.26. The van der Waals surface area contributed by atoms with Gasteiger partial charge in [0.1, 0.15) is 0 Å². The molecule has 0 aliphatic heterocycles. The smallest absolute Gasteiger partial charge is 0.331 e. The molecule has 0 amide bonds. The standard InChI is InChI=1S/C6H14O3.3C5H6O4/c1-2-6(3-7,4-8)5-9;3*1-3(5(8)9)2-4(6)7/h7-9H,2-5H2,1H3;3*1-2H2,(H,6,7)(H,8,9). The maximum atomic E-state index is 9.87. The van der Waals surface area contributed by atoms with E-state index in [1.54, 1.807) is 0 Å². The van der Waals surface area contributed by atoms with Gasteiger partial charge in [-0.1, -0.05) is 26.7 Å². The number of aliphatic hydroxyl groups is 3. The predicted octanol–water partition coefficient (Wildman–Crippen LogP) is -0.335. The van der Waals surface area contributed by atoms with Gasteiger partial charge in [0.25, 0.3) is 0 Å². The summed E-state index contributed by atoms with van der Waals surface area (Å²) in [6.07, 6.45) is -0.920. The molecule has 0 aromatic rings. The number of hydrogen-bond acceptors (Lipinski definition) is 9. The van der Waals surface area contributed by atoms with Crippen LogP contribution < -0.4 is 0 Å². The molecule has 0 fully saturated rings. The van der Waals surface area contributed by atoms with Crippen molar-refractivity contribution in [3.8, 4) is 0 Å². The Balaban J connectivity index is -0.000000190. The van der Waals surface area contributed by atoms with E-state index in [4.69, 9.17) is 46.0 Å². The van der Waals surface area contributed by atoms with Crippen LogP contribution in [0, 0.1) is 5.41 Å². The van der Waals surface area contributed by atoms with Gasteiger partial charge >= 0.3 is 35.8 Å². The quantitative estimate of drug-likeness (QED) is 0.139. The largest absolute Gasteiger partial charge is 0.481 e. The SMILES string of the molecule is C=C(CC(=O)O)C(=O)O.C=C(CC(=O)O)C(=O)O.C=C(CC(=O)O)C(=O)O.CCC(CO)(CO)CO. The van der Waals surface area contributed by atoms with Crippen molar-refractivity contribution in [1.29, 1.82) is 0 Å². The second-order valence-electron chi connectivity index (χ2n) is 6.77. The molecule has 0 spiro atoms. The highest BCUT2D eigenvalue weighted by atomic mass is 16.4. The molecule has 15 heteroatoms. The summed E-state index contributed by atoms with van der Waals surface area (Å²) >= 11 is 0. The van der Waals surface area contributed by atoms with Crippen molar-refractivity contribution in [3.05, 3.63) is 36.5 Å². The van der Waals surface area contributed by atoms with Crippen molar-refractivity contribution < 1.29 is 74.7 Å². The van der Waals surface area contributed by atoms with Gasteiger partial charge in [-0.3, -0.25) is 14.4 Å². The first-order valence-corrected chi connectivity index (χ1v) is 9.57. The minimum absolute atomic E-state index is 0.156. The molecule has 0 aliphatic carbocycles. The van der Waals surface area contributed by atoms with Crippen molar-refractivity contribution >= 4 is 35.8 Å². The predicted molar refractivity (Wildman–Crippen MR) is 121 cm³/mol. The average molecular weight is 524 g/mol. The maximum Gasteiger partial charge on any atom is 0.331 e. The van der Waals surface area contributed by atoms with Crippen molar-refractivity contribution in [3.63, 3.8) is 0 Å². The molecule has 9 N–H and O–H groups in total. The van der Waals surface area contributed by atoms with Crippen LogP contribution in [0.2, 0.25) is 0 Å². The van der Waals surface area contributed by atoms with E-state index in [1.807, 2.05) is 6.92 Å². The minimum Gasteiger partial charge on any atom is -0.481 e. The van der Waals surface area contributed by atoms with Crippen LogP contribution in [-0.4, -0.2) is 102 Å². The molecule has 0 unspecified atom stereocenters. The van der Waals surface area contributed by atoms with Crippen LogP contribution in [-0.2, 0) is 28.8 Å². The number of carbonyl (C=O) groups is 6. The van der Waals surface area contributed by atoms with Gasteiger partial charge in [-0.2, -0.15) is 0 Å². The Morgan fingerprint density at radius 2 is 0.722 bits per heavy atom. The molecule has 0 bridgehead atoms. The number of rotatable bonds is 13. The number of hydrogen-bond donors (Lipinski definition) is 9. The zero-order chi connectivity index (χ0) is 29.6. The van der Waals surface area contributed by atoms with Gasteiger partial charge in [0.15, 0.2) is 0 Å². The summed E-state index contributed by atoms with van der Waals surface area (Å²) in [4.78, 5) is 59.0. The van der Waals surface area contributed by atoms with Gasteiger partial charge in [-0.25, -0.2) is 14.4 Å². The Morgan fingerprint density at radius 1 is 0.528 bits per heavy atom. The van der Waals surface area contributed by atoms with Gasteiger partial charge in [-0.05, 0) is 6.42 Å². The molecule has 0 aliphatic rings. The molecule has 0 heterocycles. The molecule has 0 aromatic carbocycles. The first-order chi connectivity index (χ1) is 16.4. The summed E-state index contributed by atoms with van der Waals surface area (Å²) in [5, 5.41) is 74.2. The van der Waals surface area contributed by atoms with E-state index >= 15 is 0 Å². The fraction of sp³-hybridized carbons (Fsp3) is 0.429. The molecular formula is C21H32O15. The van der Waals surface area contributed by atoms with Crippen LogP contribution in [0.4, 0.5) is 0 Å². The molecule has 15 nitrogen and oxygen atoms in total. The molecule has 0 atom stereocenters. The van der Waals surface area contributed by atoms with Crippen LogP contribution in [0.5, 0.6) is 0 Å². The van der Waals surface area contributed by atoms with E-state index in [2.05, 4.69) is 19.7 Å². The third-order valence-electron chi connectivity index (χ3n) is 3.76. The van der Waals surface area contributed by atoms with Crippen molar-refractivity contribution in [2.75, 3.05) is 19.8 Å². The molecule has 0 saturated carbocycles. The summed E-state index contributed by atoms with van der Waals surface area (Å²) in [5.74, 6) is -7.33. The summed E-state index contributed by atoms with van der Waals surface area (Å²) in [7, 11) is 0. The van der Waals surface area contributed by atoms with Gasteiger partial charge in [0, 0.05) is 22.1 Å². The van der Waals surface area contributed by atoms with E-state index < -0.39 is 60.5 Å². The average Bonchev–Trinajstić information content (AvgIpc) is 2.75. The molecule has 0 aromatic heterocycles.